The highest BCUT2D eigenvalue weighted by Crippen LogP contribution is 2.41. The number of nitrogens with one attached hydrogen (secondary N) is 2. The number of aromatic nitrogens is 4. The van der Waals surface area contributed by atoms with Gasteiger partial charge >= 0.3 is 5.97 Å². The first-order chi connectivity index (χ1) is 17.6. The molecule has 10 nitrogen and oxygen atoms in total. The molecule has 188 valence electrons. The van der Waals surface area contributed by atoms with Crippen molar-refractivity contribution in [1.82, 2.24) is 29.8 Å². The lowest BCUT2D eigenvalue weighted by atomic mass is 9.92. The molecule has 2 aromatic heterocycles. The maximum atomic E-state index is 15.5. The molecule has 0 saturated carbocycles. The van der Waals surface area contributed by atoms with Crippen molar-refractivity contribution in [2.45, 2.75) is 31.7 Å². The Balaban J connectivity index is 1.25. The maximum Gasteiger partial charge on any atom is 0.317 e. The van der Waals surface area contributed by atoms with E-state index in [0.717, 1.165) is 54.0 Å². The van der Waals surface area contributed by atoms with Gasteiger partial charge in [-0.3, -0.25) is 14.1 Å². The summed E-state index contributed by atoms with van der Waals surface area (Å²) in [7, 11) is 0. The minimum atomic E-state index is -0.846. The summed E-state index contributed by atoms with van der Waals surface area (Å²) in [5, 5.41) is 24.1. The zero-order valence-electron chi connectivity index (χ0n) is 19.8. The lowest BCUT2D eigenvalue weighted by Gasteiger charge is -2.19. The van der Waals surface area contributed by atoms with Crippen molar-refractivity contribution < 1.29 is 19.0 Å². The Labute approximate surface area is 207 Å². The first kappa shape index (κ1) is 22.9. The molecule has 0 spiro atoms. The molecule has 6 rings (SSSR count). The van der Waals surface area contributed by atoms with E-state index >= 15 is 4.39 Å². The topological polar surface area (TPSA) is 117 Å². The number of fused-ring (bicyclic) bond motifs is 2. The molecule has 1 fully saturated rings. The average Bonchev–Trinajstić information content (AvgIpc) is 3.64. The summed E-state index contributed by atoms with van der Waals surface area (Å²) in [6, 6.07) is 1.57. The van der Waals surface area contributed by atoms with Crippen LogP contribution in [0.3, 0.4) is 0 Å². The third kappa shape index (κ3) is 4.18. The summed E-state index contributed by atoms with van der Waals surface area (Å²) in [4.78, 5) is 17.6. The highest BCUT2D eigenvalue weighted by molar-refractivity contribution is 5.76. The molecule has 0 radical (unpaired) electrons. The standard InChI is InChI=1S/C25H28FN7O3/c26-21-9-18(16-3-7-32(12-16)13-22(34)35)23-17(4-8-36-23)20(21)11-29-25-28-10-19(15-1-5-27-6-2-15)24-31-30-14-33(24)25/h1,9-10,14,16,27H,2-8,11-13H2,(H,28,29)(H,34,35). The van der Waals surface area contributed by atoms with Crippen molar-refractivity contribution in [2.75, 3.05) is 44.6 Å². The zero-order valence-corrected chi connectivity index (χ0v) is 19.8. The van der Waals surface area contributed by atoms with E-state index in [1.807, 2.05) is 4.90 Å². The summed E-state index contributed by atoms with van der Waals surface area (Å²) in [5.41, 5.74) is 5.16. The van der Waals surface area contributed by atoms with E-state index in [2.05, 4.69) is 31.9 Å². The zero-order chi connectivity index (χ0) is 24.6. The Bertz CT molecular complexity index is 1360. The molecule has 3 aromatic rings. The fraction of sp³-hybridized carbons (Fsp3) is 0.440. The van der Waals surface area contributed by atoms with Crippen molar-refractivity contribution in [2.24, 2.45) is 0 Å². The van der Waals surface area contributed by atoms with Crippen LogP contribution in [0.4, 0.5) is 10.3 Å². The normalized spacial score (nSPS) is 19.8. The molecule has 5 heterocycles. The molecule has 1 aromatic carbocycles. The van der Waals surface area contributed by atoms with E-state index in [-0.39, 0.29) is 24.8 Å². The van der Waals surface area contributed by atoms with Gasteiger partial charge in [0.2, 0.25) is 5.95 Å². The number of hydrogen-bond acceptors (Lipinski definition) is 8. The number of carbonyl (C=O) groups is 1. The van der Waals surface area contributed by atoms with Crippen LogP contribution in [0, 0.1) is 5.82 Å². The summed E-state index contributed by atoms with van der Waals surface area (Å²) >= 11 is 0. The summed E-state index contributed by atoms with van der Waals surface area (Å²) in [6.45, 7) is 3.76. The number of ether oxygens (including phenoxy) is 1. The molecule has 1 atom stereocenters. The number of aliphatic carboxylic acids is 1. The maximum absolute atomic E-state index is 15.5. The van der Waals surface area contributed by atoms with Gasteiger partial charge in [0.25, 0.3) is 0 Å². The van der Waals surface area contributed by atoms with Crippen LogP contribution in [-0.2, 0) is 17.8 Å². The molecular weight excluding hydrogens is 465 g/mol. The van der Waals surface area contributed by atoms with Crippen molar-refractivity contribution in [1.29, 1.82) is 0 Å². The van der Waals surface area contributed by atoms with Crippen LogP contribution >= 0.6 is 0 Å². The molecule has 0 bridgehead atoms. The molecule has 36 heavy (non-hydrogen) atoms. The predicted octanol–water partition coefficient (Wildman–Crippen LogP) is 2.06. The number of halogens is 1. The number of rotatable bonds is 7. The lowest BCUT2D eigenvalue weighted by Crippen LogP contribution is -2.27. The third-order valence-corrected chi connectivity index (χ3v) is 7.31. The molecular formula is C25H28FN7O3. The molecule has 1 unspecified atom stereocenters. The molecule has 0 aliphatic carbocycles. The van der Waals surface area contributed by atoms with Crippen LogP contribution in [0.15, 0.2) is 24.7 Å². The quantitative estimate of drug-likeness (QED) is 0.455. The van der Waals surface area contributed by atoms with Gasteiger partial charge in [-0.15, -0.1) is 10.2 Å². The number of carboxylic acids is 1. The van der Waals surface area contributed by atoms with Gasteiger partial charge in [0.1, 0.15) is 17.9 Å². The molecule has 0 amide bonds. The Morgan fingerprint density at radius 1 is 1.36 bits per heavy atom. The SMILES string of the molecule is O=C(O)CN1CCC(c2cc(F)c(CNc3ncc(C4=CCNCC4)c4nncn34)c3c2OCC3)C1. The highest BCUT2D eigenvalue weighted by atomic mass is 19.1. The number of nitrogens with zero attached hydrogens (tertiary/aromatic N) is 5. The van der Waals surface area contributed by atoms with Crippen molar-refractivity contribution in [3.63, 3.8) is 0 Å². The van der Waals surface area contributed by atoms with Gasteiger partial charge in [0.05, 0.1) is 13.2 Å². The van der Waals surface area contributed by atoms with Crippen LogP contribution in [0.1, 0.15) is 41.0 Å². The van der Waals surface area contributed by atoms with Crippen molar-refractivity contribution >= 4 is 23.1 Å². The Morgan fingerprint density at radius 2 is 2.28 bits per heavy atom. The van der Waals surface area contributed by atoms with Crippen molar-refractivity contribution in [3.05, 3.63) is 52.7 Å². The van der Waals surface area contributed by atoms with Gasteiger partial charge in [0, 0.05) is 60.4 Å². The summed E-state index contributed by atoms with van der Waals surface area (Å²) < 4.78 is 23.2. The minimum absolute atomic E-state index is 0.00156. The Hall–Kier alpha value is -3.57. The predicted molar refractivity (Wildman–Crippen MR) is 131 cm³/mol. The smallest absolute Gasteiger partial charge is 0.317 e. The summed E-state index contributed by atoms with van der Waals surface area (Å²) in [5.74, 6) is 0.231. The monoisotopic (exact) mass is 493 g/mol. The second-order valence-electron chi connectivity index (χ2n) is 9.50. The second-order valence-corrected chi connectivity index (χ2v) is 9.50. The molecule has 3 N–H and O–H groups in total. The van der Waals surface area contributed by atoms with E-state index in [4.69, 9.17) is 9.84 Å². The first-order valence-corrected chi connectivity index (χ1v) is 12.3. The number of benzene rings is 1. The van der Waals surface area contributed by atoms with Crippen LogP contribution in [0.2, 0.25) is 0 Å². The van der Waals surface area contributed by atoms with E-state index in [1.165, 1.54) is 5.57 Å². The molecule has 1 saturated heterocycles. The van der Waals surface area contributed by atoms with Gasteiger partial charge in [0.15, 0.2) is 5.65 Å². The fourth-order valence-electron chi connectivity index (χ4n) is 5.56. The van der Waals surface area contributed by atoms with Gasteiger partial charge < -0.3 is 20.5 Å². The van der Waals surface area contributed by atoms with E-state index in [9.17, 15) is 4.79 Å². The third-order valence-electron chi connectivity index (χ3n) is 7.31. The Kier molecular flexibility index (Phi) is 6.02. The van der Waals surface area contributed by atoms with Gasteiger partial charge in [-0.25, -0.2) is 9.37 Å². The average molecular weight is 494 g/mol. The van der Waals surface area contributed by atoms with Crippen LogP contribution in [0.25, 0.3) is 11.2 Å². The van der Waals surface area contributed by atoms with Crippen LogP contribution in [-0.4, -0.2) is 74.9 Å². The van der Waals surface area contributed by atoms with Crippen molar-refractivity contribution in [3.8, 4) is 5.75 Å². The van der Waals surface area contributed by atoms with Gasteiger partial charge in [-0.1, -0.05) is 6.08 Å². The van der Waals surface area contributed by atoms with Crippen LogP contribution in [0.5, 0.6) is 5.75 Å². The fourth-order valence-corrected chi connectivity index (χ4v) is 5.56. The van der Waals surface area contributed by atoms with E-state index in [0.29, 0.717) is 37.6 Å². The number of carboxylic acid groups (broad SMARTS) is 1. The van der Waals surface area contributed by atoms with E-state index < -0.39 is 5.97 Å². The van der Waals surface area contributed by atoms with E-state index in [1.54, 1.807) is 23.0 Å². The van der Waals surface area contributed by atoms with Gasteiger partial charge in [-0.05, 0) is 37.6 Å². The molecule has 11 heteroatoms. The molecule has 3 aliphatic rings. The second kappa shape index (κ2) is 9.47. The van der Waals surface area contributed by atoms with Crippen LogP contribution < -0.4 is 15.4 Å². The highest BCUT2D eigenvalue weighted by Gasteiger charge is 2.32. The summed E-state index contributed by atoms with van der Waals surface area (Å²) in [6.07, 6.45) is 7.89. The molecule has 3 aliphatic heterocycles. The minimum Gasteiger partial charge on any atom is -0.493 e. The number of hydrogen-bond donors (Lipinski definition) is 3. The Morgan fingerprint density at radius 3 is 3.11 bits per heavy atom. The first-order valence-electron chi connectivity index (χ1n) is 12.3. The largest absolute Gasteiger partial charge is 0.493 e. The lowest BCUT2D eigenvalue weighted by molar-refractivity contribution is -0.138. The van der Waals surface area contributed by atoms with Gasteiger partial charge in [-0.2, -0.15) is 0 Å². The number of likely N-dealkylation sites (tertiary alicyclic amines) is 1. The number of anilines is 1.